The Hall–Kier alpha value is -3.23. The van der Waals surface area contributed by atoms with Crippen LogP contribution in [0.3, 0.4) is 0 Å². The number of nitrogens with zero attached hydrogens (tertiary/aromatic N) is 4. The minimum absolute atomic E-state index is 0.257. The molecule has 0 saturated carbocycles. The fraction of sp³-hybridized carbons (Fsp3) is 0.217. The summed E-state index contributed by atoms with van der Waals surface area (Å²) in [6, 6.07) is 13.1. The second kappa shape index (κ2) is 7.18. The Bertz CT molecular complexity index is 1390. The third kappa shape index (κ3) is 3.10. The summed E-state index contributed by atoms with van der Waals surface area (Å²) < 4.78 is 17.7. The minimum atomic E-state index is -0.257. The quantitative estimate of drug-likeness (QED) is 0.437. The Labute approximate surface area is 182 Å². The molecule has 2 aromatic carbocycles. The second-order valence-corrected chi connectivity index (χ2v) is 8.82. The molecule has 4 heterocycles. The molecule has 8 heteroatoms. The lowest BCUT2D eigenvalue weighted by atomic mass is 10.0. The predicted octanol–water partition coefficient (Wildman–Crippen LogP) is 4.55. The van der Waals surface area contributed by atoms with E-state index in [4.69, 9.17) is 10.7 Å². The van der Waals surface area contributed by atoms with E-state index in [0.717, 1.165) is 58.0 Å². The SMILES string of the molecule is Nc1nc2ccc(-c3c(-c4ccc(F)cc4)nc4sccn34)cc2n1CC1CCCN1. The van der Waals surface area contributed by atoms with Gasteiger partial charge in [0.2, 0.25) is 5.95 Å². The molecule has 1 unspecified atom stereocenters. The summed E-state index contributed by atoms with van der Waals surface area (Å²) in [4.78, 5) is 10.3. The van der Waals surface area contributed by atoms with Crippen LogP contribution in [0.25, 0.3) is 38.5 Å². The lowest BCUT2D eigenvalue weighted by molar-refractivity contribution is 0.521. The summed E-state index contributed by atoms with van der Waals surface area (Å²) >= 11 is 1.58. The topological polar surface area (TPSA) is 73.2 Å². The first-order valence-corrected chi connectivity index (χ1v) is 11.3. The standard InChI is InChI=1S/C23H21FN6S/c24-16-6-3-14(4-7-16)20-21(29-10-11-31-23(29)28-20)15-5-8-18-19(12-15)30(22(25)27-18)13-17-2-1-9-26-17/h3-8,10-12,17,26H,1-2,9,13H2,(H2,25,27). The maximum absolute atomic E-state index is 13.5. The number of aromatic nitrogens is 4. The predicted molar refractivity (Wildman–Crippen MR) is 123 cm³/mol. The molecular formula is C23H21FN6S. The van der Waals surface area contributed by atoms with Crippen LogP contribution < -0.4 is 11.1 Å². The van der Waals surface area contributed by atoms with Gasteiger partial charge in [0, 0.05) is 35.3 Å². The first kappa shape index (κ1) is 18.5. The van der Waals surface area contributed by atoms with Crippen molar-refractivity contribution in [1.29, 1.82) is 0 Å². The molecule has 0 amide bonds. The summed E-state index contributed by atoms with van der Waals surface area (Å²) in [6.45, 7) is 1.85. The lowest BCUT2D eigenvalue weighted by Gasteiger charge is -2.13. The van der Waals surface area contributed by atoms with Crippen LogP contribution in [-0.4, -0.2) is 31.5 Å². The highest BCUT2D eigenvalue weighted by molar-refractivity contribution is 7.15. The smallest absolute Gasteiger partial charge is 0.201 e. The number of hydrogen-bond acceptors (Lipinski definition) is 5. The van der Waals surface area contributed by atoms with Crippen LogP contribution in [0.4, 0.5) is 10.3 Å². The van der Waals surface area contributed by atoms with Crippen LogP contribution in [0, 0.1) is 5.82 Å². The van der Waals surface area contributed by atoms with Crippen molar-refractivity contribution < 1.29 is 4.39 Å². The molecule has 1 atom stereocenters. The Morgan fingerprint density at radius 2 is 1.97 bits per heavy atom. The van der Waals surface area contributed by atoms with Crippen molar-refractivity contribution in [3.63, 3.8) is 0 Å². The largest absolute Gasteiger partial charge is 0.369 e. The van der Waals surface area contributed by atoms with Crippen molar-refractivity contribution in [2.45, 2.75) is 25.4 Å². The Kier molecular flexibility index (Phi) is 4.29. The van der Waals surface area contributed by atoms with E-state index in [1.54, 1.807) is 23.5 Å². The molecule has 1 saturated heterocycles. The van der Waals surface area contributed by atoms with Crippen LogP contribution in [0.2, 0.25) is 0 Å². The maximum atomic E-state index is 13.5. The molecule has 1 aliphatic heterocycles. The minimum Gasteiger partial charge on any atom is -0.369 e. The van der Waals surface area contributed by atoms with Crippen LogP contribution in [0.5, 0.6) is 0 Å². The van der Waals surface area contributed by atoms with Crippen molar-refractivity contribution in [3.8, 4) is 22.5 Å². The van der Waals surface area contributed by atoms with E-state index < -0.39 is 0 Å². The van der Waals surface area contributed by atoms with Crippen molar-refractivity contribution in [2.24, 2.45) is 0 Å². The van der Waals surface area contributed by atoms with Gasteiger partial charge in [0.05, 0.1) is 22.4 Å². The number of benzene rings is 2. The van der Waals surface area contributed by atoms with Gasteiger partial charge in [-0.15, -0.1) is 11.3 Å². The first-order valence-electron chi connectivity index (χ1n) is 10.4. The van der Waals surface area contributed by atoms with E-state index >= 15 is 0 Å². The van der Waals surface area contributed by atoms with Gasteiger partial charge in [-0.05, 0) is 55.8 Å². The van der Waals surface area contributed by atoms with Gasteiger partial charge in [0.1, 0.15) is 5.82 Å². The average molecular weight is 433 g/mol. The zero-order valence-electron chi connectivity index (χ0n) is 16.8. The summed E-state index contributed by atoms with van der Waals surface area (Å²) in [7, 11) is 0. The Morgan fingerprint density at radius 1 is 1.13 bits per heavy atom. The van der Waals surface area contributed by atoms with Gasteiger partial charge >= 0.3 is 0 Å². The Morgan fingerprint density at radius 3 is 2.77 bits per heavy atom. The zero-order chi connectivity index (χ0) is 20.9. The van der Waals surface area contributed by atoms with Crippen LogP contribution in [0.15, 0.2) is 54.0 Å². The van der Waals surface area contributed by atoms with Gasteiger partial charge in [0.15, 0.2) is 4.96 Å². The van der Waals surface area contributed by atoms with Gasteiger partial charge in [-0.25, -0.2) is 14.4 Å². The summed E-state index contributed by atoms with van der Waals surface area (Å²) in [5.74, 6) is 0.279. The average Bonchev–Trinajstić information content (AvgIpc) is 3.54. The molecule has 0 aliphatic carbocycles. The second-order valence-electron chi connectivity index (χ2n) is 7.95. The molecule has 0 spiro atoms. The van der Waals surface area contributed by atoms with E-state index in [1.807, 2.05) is 17.6 Å². The van der Waals surface area contributed by atoms with E-state index in [0.29, 0.717) is 12.0 Å². The number of imidazole rings is 2. The Balaban J connectivity index is 1.52. The highest BCUT2D eigenvalue weighted by Crippen LogP contribution is 2.36. The fourth-order valence-electron chi connectivity index (χ4n) is 4.48. The van der Waals surface area contributed by atoms with Crippen LogP contribution in [-0.2, 0) is 6.54 Å². The molecule has 0 bridgehead atoms. The van der Waals surface area contributed by atoms with E-state index in [2.05, 4.69) is 31.4 Å². The van der Waals surface area contributed by atoms with E-state index in [-0.39, 0.29) is 5.82 Å². The number of rotatable bonds is 4. The molecule has 1 aliphatic rings. The van der Waals surface area contributed by atoms with Crippen LogP contribution in [0.1, 0.15) is 12.8 Å². The lowest BCUT2D eigenvalue weighted by Crippen LogP contribution is -2.27. The molecule has 156 valence electrons. The number of nitrogens with two attached hydrogens (primary N) is 1. The molecule has 3 N–H and O–H groups in total. The third-order valence-corrected chi connectivity index (χ3v) is 6.75. The molecule has 1 fully saturated rings. The number of thiazole rings is 1. The van der Waals surface area contributed by atoms with E-state index in [9.17, 15) is 4.39 Å². The molecule has 0 radical (unpaired) electrons. The zero-order valence-corrected chi connectivity index (χ0v) is 17.6. The first-order chi connectivity index (χ1) is 15.2. The highest BCUT2D eigenvalue weighted by atomic mass is 32.1. The van der Waals surface area contributed by atoms with Gasteiger partial charge in [0.25, 0.3) is 0 Å². The monoisotopic (exact) mass is 432 g/mol. The third-order valence-electron chi connectivity index (χ3n) is 6.00. The molecule has 5 aromatic rings. The molecular weight excluding hydrogens is 411 g/mol. The fourth-order valence-corrected chi connectivity index (χ4v) is 5.20. The van der Waals surface area contributed by atoms with Crippen molar-refractivity contribution in [2.75, 3.05) is 12.3 Å². The number of anilines is 1. The van der Waals surface area contributed by atoms with Gasteiger partial charge in [-0.2, -0.15) is 0 Å². The normalized spacial score (nSPS) is 16.6. The van der Waals surface area contributed by atoms with Gasteiger partial charge < -0.3 is 15.6 Å². The number of nitrogens with one attached hydrogen (secondary N) is 1. The summed E-state index contributed by atoms with van der Waals surface area (Å²) in [5.41, 5.74) is 11.9. The summed E-state index contributed by atoms with van der Waals surface area (Å²) in [6.07, 6.45) is 4.36. The van der Waals surface area contributed by atoms with Crippen molar-refractivity contribution >= 4 is 33.3 Å². The van der Waals surface area contributed by atoms with Crippen LogP contribution >= 0.6 is 11.3 Å². The van der Waals surface area contributed by atoms with Gasteiger partial charge in [-0.3, -0.25) is 4.40 Å². The number of halogens is 1. The number of hydrogen-bond donors (Lipinski definition) is 2. The van der Waals surface area contributed by atoms with Crippen molar-refractivity contribution in [3.05, 3.63) is 59.9 Å². The maximum Gasteiger partial charge on any atom is 0.201 e. The number of fused-ring (bicyclic) bond motifs is 2. The van der Waals surface area contributed by atoms with E-state index in [1.165, 1.54) is 18.6 Å². The molecule has 3 aromatic heterocycles. The number of nitrogen functional groups attached to an aromatic ring is 1. The molecule has 6 nitrogen and oxygen atoms in total. The summed E-state index contributed by atoms with van der Waals surface area (Å²) in [5, 5.41) is 5.56. The molecule has 6 rings (SSSR count). The van der Waals surface area contributed by atoms with Crippen molar-refractivity contribution in [1.82, 2.24) is 24.3 Å². The molecule has 31 heavy (non-hydrogen) atoms. The highest BCUT2D eigenvalue weighted by Gasteiger charge is 2.21. The van der Waals surface area contributed by atoms with Gasteiger partial charge in [-0.1, -0.05) is 6.07 Å².